The van der Waals surface area contributed by atoms with Crippen molar-refractivity contribution in [1.82, 2.24) is 9.80 Å². The monoisotopic (exact) mass is 412 g/mol. The molecule has 0 bridgehead atoms. The van der Waals surface area contributed by atoms with Crippen LogP contribution in [0.1, 0.15) is 47.8 Å². The lowest BCUT2D eigenvalue weighted by Gasteiger charge is -2.19. The summed E-state index contributed by atoms with van der Waals surface area (Å²) in [5, 5.41) is 0. The Morgan fingerprint density at radius 1 is 0.871 bits per heavy atom. The highest BCUT2D eigenvalue weighted by Gasteiger charge is 2.35. The Morgan fingerprint density at radius 2 is 1.55 bits per heavy atom. The van der Waals surface area contributed by atoms with Crippen LogP contribution in [0.4, 0.5) is 0 Å². The summed E-state index contributed by atoms with van der Waals surface area (Å²) in [5.74, 6) is -0.829. The maximum absolute atomic E-state index is 13.0. The van der Waals surface area contributed by atoms with E-state index in [1.807, 2.05) is 61.5 Å². The number of benzene rings is 3. The van der Waals surface area contributed by atoms with Gasteiger partial charge < -0.3 is 4.90 Å². The molecule has 0 saturated carbocycles. The normalized spacial score (nSPS) is 12.8. The molecule has 156 valence electrons. The highest BCUT2D eigenvalue weighted by molar-refractivity contribution is 6.22. The molecular formula is C26H24N2O3. The average Bonchev–Trinajstić information content (AvgIpc) is 3.03. The van der Waals surface area contributed by atoms with Crippen molar-refractivity contribution in [3.05, 3.63) is 106 Å². The van der Waals surface area contributed by atoms with Gasteiger partial charge in [-0.15, -0.1) is 0 Å². The molecule has 1 heterocycles. The minimum Gasteiger partial charge on any atom is -0.337 e. The fourth-order valence-corrected chi connectivity index (χ4v) is 3.85. The summed E-state index contributed by atoms with van der Waals surface area (Å²) in [7, 11) is 1.74. The van der Waals surface area contributed by atoms with Crippen LogP contribution in [-0.2, 0) is 13.0 Å². The second-order valence-electron chi connectivity index (χ2n) is 7.85. The zero-order valence-corrected chi connectivity index (χ0v) is 17.7. The molecule has 0 spiro atoms. The fraction of sp³-hybridized carbons (Fsp3) is 0.192. The van der Waals surface area contributed by atoms with E-state index >= 15 is 0 Å². The highest BCUT2D eigenvalue weighted by atomic mass is 16.2. The Kier molecular flexibility index (Phi) is 5.67. The van der Waals surface area contributed by atoms with Crippen molar-refractivity contribution in [1.29, 1.82) is 0 Å². The van der Waals surface area contributed by atoms with E-state index in [-0.39, 0.29) is 17.7 Å². The van der Waals surface area contributed by atoms with Crippen molar-refractivity contribution in [2.45, 2.75) is 19.9 Å². The summed E-state index contributed by atoms with van der Waals surface area (Å²) < 4.78 is 0. The van der Waals surface area contributed by atoms with E-state index in [0.29, 0.717) is 36.2 Å². The lowest BCUT2D eigenvalue weighted by atomic mass is 10.0. The number of nitrogens with zero attached hydrogens (tertiary/aromatic N) is 2. The summed E-state index contributed by atoms with van der Waals surface area (Å²) in [6, 6.07) is 22.4. The quantitative estimate of drug-likeness (QED) is 0.573. The molecule has 3 amide bonds. The zero-order chi connectivity index (χ0) is 22.0. The molecule has 3 aromatic rings. The molecule has 0 aromatic heterocycles. The van der Waals surface area contributed by atoms with Gasteiger partial charge in [0.05, 0.1) is 11.1 Å². The second-order valence-corrected chi connectivity index (χ2v) is 7.85. The third-order valence-corrected chi connectivity index (χ3v) is 5.70. The van der Waals surface area contributed by atoms with Crippen LogP contribution in [0.2, 0.25) is 0 Å². The van der Waals surface area contributed by atoms with Crippen LogP contribution in [0.25, 0.3) is 0 Å². The van der Waals surface area contributed by atoms with Gasteiger partial charge in [-0.1, -0.05) is 54.6 Å². The second kappa shape index (κ2) is 8.56. The molecule has 4 rings (SSSR count). The van der Waals surface area contributed by atoms with Crippen molar-refractivity contribution in [2.75, 3.05) is 13.6 Å². The number of fused-ring (bicyclic) bond motifs is 1. The minimum atomic E-state index is -0.341. The number of hydrogen-bond donors (Lipinski definition) is 0. The van der Waals surface area contributed by atoms with E-state index in [1.54, 1.807) is 30.1 Å². The Balaban J connectivity index is 1.50. The maximum atomic E-state index is 13.0. The highest BCUT2D eigenvalue weighted by Crippen LogP contribution is 2.25. The summed E-state index contributed by atoms with van der Waals surface area (Å²) >= 11 is 0. The standard InChI is InChI=1S/C26H24N2O3/c1-18-8-6-7-11-21(18)17-27(2)24(29)20-12-13-22-23(16-20)26(31)28(25(22)30)15-14-19-9-4-3-5-10-19/h3-13,16H,14-15,17H2,1-2H3. The number of carbonyl (C=O) groups is 3. The van der Waals surface area contributed by atoms with Crippen LogP contribution < -0.4 is 0 Å². The van der Waals surface area contributed by atoms with Crippen LogP contribution >= 0.6 is 0 Å². The number of rotatable bonds is 6. The Labute approximate surface area is 181 Å². The molecule has 0 unspecified atom stereocenters. The first-order valence-electron chi connectivity index (χ1n) is 10.3. The van der Waals surface area contributed by atoms with E-state index in [2.05, 4.69) is 0 Å². The first-order valence-corrected chi connectivity index (χ1v) is 10.3. The van der Waals surface area contributed by atoms with Crippen LogP contribution in [0.3, 0.4) is 0 Å². The molecular weight excluding hydrogens is 388 g/mol. The van der Waals surface area contributed by atoms with Gasteiger partial charge in [-0.05, 0) is 48.2 Å². The van der Waals surface area contributed by atoms with Crippen LogP contribution in [0.5, 0.6) is 0 Å². The van der Waals surface area contributed by atoms with Crippen LogP contribution in [0, 0.1) is 6.92 Å². The summed E-state index contributed by atoms with van der Waals surface area (Å²) in [5.41, 5.74) is 4.31. The zero-order valence-electron chi connectivity index (χ0n) is 17.7. The average molecular weight is 412 g/mol. The number of imide groups is 1. The molecule has 0 N–H and O–H groups in total. The summed E-state index contributed by atoms with van der Waals surface area (Å²) in [6.45, 7) is 2.79. The topological polar surface area (TPSA) is 57.7 Å². The fourth-order valence-electron chi connectivity index (χ4n) is 3.85. The van der Waals surface area contributed by atoms with Gasteiger partial charge >= 0.3 is 0 Å². The Bertz CT molecular complexity index is 1150. The molecule has 31 heavy (non-hydrogen) atoms. The van der Waals surface area contributed by atoms with E-state index in [9.17, 15) is 14.4 Å². The van der Waals surface area contributed by atoms with E-state index < -0.39 is 0 Å². The Morgan fingerprint density at radius 3 is 2.29 bits per heavy atom. The largest absolute Gasteiger partial charge is 0.337 e. The van der Waals surface area contributed by atoms with Gasteiger partial charge in [0.1, 0.15) is 0 Å². The maximum Gasteiger partial charge on any atom is 0.261 e. The SMILES string of the molecule is Cc1ccccc1CN(C)C(=O)c1ccc2c(c1)C(=O)N(CCc1ccccc1)C2=O. The predicted octanol–water partition coefficient (Wildman–Crippen LogP) is 4.11. The van der Waals surface area contributed by atoms with Gasteiger partial charge in [0.25, 0.3) is 17.7 Å². The summed E-state index contributed by atoms with van der Waals surface area (Å²) in [6.07, 6.45) is 0.595. The van der Waals surface area contributed by atoms with Crippen molar-refractivity contribution in [3.8, 4) is 0 Å². The van der Waals surface area contributed by atoms with Gasteiger partial charge in [0, 0.05) is 25.7 Å². The van der Waals surface area contributed by atoms with Crippen LogP contribution in [0.15, 0.2) is 72.8 Å². The van der Waals surface area contributed by atoms with Gasteiger partial charge in [0.2, 0.25) is 0 Å². The number of hydrogen-bond acceptors (Lipinski definition) is 3. The first-order chi connectivity index (χ1) is 15.0. The van der Waals surface area contributed by atoms with Crippen LogP contribution in [-0.4, -0.2) is 41.1 Å². The number of aryl methyl sites for hydroxylation is 1. The molecule has 5 nitrogen and oxygen atoms in total. The molecule has 3 aromatic carbocycles. The predicted molar refractivity (Wildman–Crippen MR) is 119 cm³/mol. The third kappa shape index (κ3) is 4.12. The number of carbonyl (C=O) groups excluding carboxylic acids is 3. The lowest BCUT2D eigenvalue weighted by molar-refractivity contribution is 0.0655. The molecule has 0 saturated heterocycles. The van der Waals surface area contributed by atoms with Crippen molar-refractivity contribution < 1.29 is 14.4 Å². The molecule has 1 aliphatic heterocycles. The molecule has 0 atom stereocenters. The van der Waals surface area contributed by atoms with Gasteiger partial charge in [-0.2, -0.15) is 0 Å². The molecule has 0 aliphatic carbocycles. The van der Waals surface area contributed by atoms with Crippen molar-refractivity contribution in [3.63, 3.8) is 0 Å². The smallest absolute Gasteiger partial charge is 0.261 e. The van der Waals surface area contributed by atoms with Gasteiger partial charge in [-0.3, -0.25) is 19.3 Å². The molecule has 0 radical (unpaired) electrons. The van der Waals surface area contributed by atoms with E-state index in [1.165, 1.54) is 4.90 Å². The Hall–Kier alpha value is -3.73. The van der Waals surface area contributed by atoms with Crippen molar-refractivity contribution >= 4 is 17.7 Å². The van der Waals surface area contributed by atoms with E-state index in [4.69, 9.17) is 0 Å². The van der Waals surface area contributed by atoms with Crippen molar-refractivity contribution in [2.24, 2.45) is 0 Å². The lowest BCUT2D eigenvalue weighted by Crippen LogP contribution is -2.31. The summed E-state index contributed by atoms with van der Waals surface area (Å²) in [4.78, 5) is 41.5. The van der Waals surface area contributed by atoms with E-state index in [0.717, 1.165) is 16.7 Å². The molecule has 1 aliphatic rings. The molecule has 5 heteroatoms. The minimum absolute atomic E-state index is 0.186. The third-order valence-electron chi connectivity index (χ3n) is 5.70. The molecule has 0 fully saturated rings. The first kappa shape index (κ1) is 20.5. The van der Waals surface area contributed by atoms with Gasteiger partial charge in [-0.25, -0.2) is 0 Å². The number of amides is 3. The van der Waals surface area contributed by atoms with Gasteiger partial charge in [0.15, 0.2) is 0 Å².